The van der Waals surface area contributed by atoms with Crippen LogP contribution in [0.4, 0.5) is 0 Å². The van der Waals surface area contributed by atoms with Gasteiger partial charge in [0.05, 0.1) is 6.61 Å². The zero-order chi connectivity index (χ0) is 11.7. The normalized spacial score (nSPS) is 42.9. The lowest BCUT2D eigenvalue weighted by molar-refractivity contribution is 0.0334. The van der Waals surface area contributed by atoms with E-state index in [0.717, 1.165) is 31.0 Å². The first-order chi connectivity index (χ1) is 8.36. The summed E-state index contributed by atoms with van der Waals surface area (Å²) in [7, 11) is 0. The Bertz CT molecular complexity index is 253. The SMILES string of the molecule is NNC(CC1CC2CCC1C2)C1CCCOC1. The molecule has 3 fully saturated rings. The summed E-state index contributed by atoms with van der Waals surface area (Å²) >= 11 is 0. The quantitative estimate of drug-likeness (QED) is 0.582. The van der Waals surface area contributed by atoms with Gasteiger partial charge in [-0.15, -0.1) is 0 Å². The second kappa shape index (κ2) is 5.25. The van der Waals surface area contributed by atoms with E-state index < -0.39 is 0 Å². The van der Waals surface area contributed by atoms with Gasteiger partial charge in [0.15, 0.2) is 0 Å². The average molecular weight is 238 g/mol. The Morgan fingerprint density at radius 3 is 2.76 bits per heavy atom. The summed E-state index contributed by atoms with van der Waals surface area (Å²) in [6.07, 6.45) is 9.72. The first kappa shape index (κ1) is 11.9. The summed E-state index contributed by atoms with van der Waals surface area (Å²) in [4.78, 5) is 0. The number of hydrogen-bond donors (Lipinski definition) is 2. The van der Waals surface area contributed by atoms with E-state index in [1.54, 1.807) is 0 Å². The van der Waals surface area contributed by atoms with Crippen molar-refractivity contribution in [2.75, 3.05) is 13.2 Å². The van der Waals surface area contributed by atoms with Gasteiger partial charge in [-0.3, -0.25) is 11.3 Å². The van der Waals surface area contributed by atoms with Gasteiger partial charge >= 0.3 is 0 Å². The average Bonchev–Trinajstić information content (AvgIpc) is 2.99. The number of rotatable bonds is 4. The Morgan fingerprint density at radius 2 is 2.18 bits per heavy atom. The molecule has 98 valence electrons. The minimum Gasteiger partial charge on any atom is -0.381 e. The van der Waals surface area contributed by atoms with E-state index in [4.69, 9.17) is 10.6 Å². The fraction of sp³-hybridized carbons (Fsp3) is 1.00. The Hall–Kier alpha value is -0.120. The van der Waals surface area contributed by atoms with Crippen LogP contribution in [0, 0.1) is 23.7 Å². The molecule has 5 atom stereocenters. The number of hydrogen-bond acceptors (Lipinski definition) is 3. The molecule has 5 unspecified atom stereocenters. The van der Waals surface area contributed by atoms with Crippen molar-refractivity contribution >= 4 is 0 Å². The van der Waals surface area contributed by atoms with Crippen molar-refractivity contribution in [1.82, 2.24) is 5.43 Å². The molecule has 1 aliphatic heterocycles. The van der Waals surface area contributed by atoms with Crippen LogP contribution < -0.4 is 11.3 Å². The monoisotopic (exact) mass is 238 g/mol. The van der Waals surface area contributed by atoms with Gasteiger partial charge in [0.2, 0.25) is 0 Å². The highest BCUT2D eigenvalue weighted by molar-refractivity contribution is 4.92. The van der Waals surface area contributed by atoms with Gasteiger partial charge in [-0.1, -0.05) is 6.42 Å². The van der Waals surface area contributed by atoms with E-state index in [2.05, 4.69) is 5.43 Å². The highest BCUT2D eigenvalue weighted by atomic mass is 16.5. The van der Waals surface area contributed by atoms with Crippen molar-refractivity contribution in [2.45, 2.75) is 51.0 Å². The topological polar surface area (TPSA) is 47.3 Å². The molecule has 17 heavy (non-hydrogen) atoms. The molecule has 1 heterocycles. The largest absolute Gasteiger partial charge is 0.381 e. The molecule has 2 saturated carbocycles. The van der Waals surface area contributed by atoms with Gasteiger partial charge in [-0.25, -0.2) is 0 Å². The van der Waals surface area contributed by atoms with E-state index in [1.165, 1.54) is 44.9 Å². The van der Waals surface area contributed by atoms with Gasteiger partial charge < -0.3 is 4.74 Å². The molecule has 0 aromatic rings. The smallest absolute Gasteiger partial charge is 0.0509 e. The van der Waals surface area contributed by atoms with Crippen LogP contribution in [-0.4, -0.2) is 19.3 Å². The Morgan fingerprint density at radius 1 is 1.24 bits per heavy atom. The van der Waals surface area contributed by atoms with E-state index in [-0.39, 0.29) is 0 Å². The minimum atomic E-state index is 0.486. The van der Waals surface area contributed by atoms with Crippen molar-refractivity contribution in [3.63, 3.8) is 0 Å². The molecule has 3 heteroatoms. The number of ether oxygens (including phenoxy) is 1. The van der Waals surface area contributed by atoms with E-state index in [9.17, 15) is 0 Å². The number of fused-ring (bicyclic) bond motifs is 2. The number of nitrogens with one attached hydrogen (secondary N) is 1. The van der Waals surface area contributed by atoms with Gasteiger partial charge in [-0.2, -0.15) is 0 Å². The van der Waals surface area contributed by atoms with Crippen molar-refractivity contribution < 1.29 is 4.74 Å². The molecular formula is C14H26N2O. The van der Waals surface area contributed by atoms with Gasteiger partial charge in [0.1, 0.15) is 0 Å². The summed E-state index contributed by atoms with van der Waals surface area (Å²) in [5, 5.41) is 0. The van der Waals surface area contributed by atoms with Crippen LogP contribution in [0.2, 0.25) is 0 Å². The Balaban J connectivity index is 1.54. The molecule has 0 aromatic carbocycles. The predicted octanol–water partition coefficient (Wildman–Crippen LogP) is 2.07. The van der Waals surface area contributed by atoms with Crippen LogP contribution in [0.5, 0.6) is 0 Å². The molecule has 0 spiro atoms. The maximum Gasteiger partial charge on any atom is 0.0509 e. The van der Waals surface area contributed by atoms with Gasteiger partial charge in [0, 0.05) is 12.6 Å². The second-order valence-electron chi connectivity index (χ2n) is 6.42. The molecule has 3 N–H and O–H groups in total. The molecule has 2 bridgehead atoms. The second-order valence-corrected chi connectivity index (χ2v) is 6.42. The maximum absolute atomic E-state index is 5.77. The van der Waals surface area contributed by atoms with Crippen LogP contribution in [0.1, 0.15) is 44.9 Å². The van der Waals surface area contributed by atoms with Crippen LogP contribution in [0.3, 0.4) is 0 Å². The van der Waals surface area contributed by atoms with Crippen molar-refractivity contribution in [3.05, 3.63) is 0 Å². The van der Waals surface area contributed by atoms with Gasteiger partial charge in [0.25, 0.3) is 0 Å². The third-order valence-electron chi connectivity index (χ3n) is 5.42. The first-order valence-corrected chi connectivity index (χ1v) is 7.40. The Labute approximate surface area is 104 Å². The fourth-order valence-electron chi connectivity index (χ4n) is 4.47. The zero-order valence-electron chi connectivity index (χ0n) is 10.7. The van der Waals surface area contributed by atoms with Crippen LogP contribution in [-0.2, 0) is 4.74 Å². The van der Waals surface area contributed by atoms with Crippen LogP contribution in [0.15, 0.2) is 0 Å². The standard InChI is InChI=1S/C14H26N2O/c15-16-14(12-2-1-5-17-9-12)8-13-7-10-3-4-11(13)6-10/h10-14,16H,1-9,15H2. The lowest BCUT2D eigenvalue weighted by Crippen LogP contribution is -2.45. The van der Waals surface area contributed by atoms with Crippen molar-refractivity contribution in [1.29, 1.82) is 0 Å². The van der Waals surface area contributed by atoms with Crippen LogP contribution in [0.25, 0.3) is 0 Å². The summed E-state index contributed by atoms with van der Waals surface area (Å²) in [6.45, 7) is 1.86. The third-order valence-corrected chi connectivity index (χ3v) is 5.42. The molecule has 3 rings (SSSR count). The minimum absolute atomic E-state index is 0.486. The molecule has 3 nitrogen and oxygen atoms in total. The third kappa shape index (κ3) is 2.51. The lowest BCUT2D eigenvalue weighted by atomic mass is 9.80. The molecule has 1 saturated heterocycles. The van der Waals surface area contributed by atoms with E-state index >= 15 is 0 Å². The molecular weight excluding hydrogens is 212 g/mol. The van der Waals surface area contributed by atoms with E-state index in [1.807, 2.05) is 0 Å². The molecule has 0 radical (unpaired) electrons. The van der Waals surface area contributed by atoms with Crippen LogP contribution >= 0.6 is 0 Å². The lowest BCUT2D eigenvalue weighted by Gasteiger charge is -2.33. The zero-order valence-corrected chi connectivity index (χ0v) is 10.7. The maximum atomic E-state index is 5.77. The Kier molecular flexibility index (Phi) is 3.69. The van der Waals surface area contributed by atoms with Crippen molar-refractivity contribution in [2.24, 2.45) is 29.5 Å². The molecule has 2 aliphatic carbocycles. The summed E-state index contributed by atoms with van der Waals surface area (Å²) in [5.41, 5.74) is 3.08. The molecule has 3 aliphatic rings. The highest BCUT2D eigenvalue weighted by Gasteiger charge is 2.41. The summed E-state index contributed by atoms with van der Waals surface area (Å²) < 4.78 is 5.60. The molecule has 0 amide bonds. The molecule has 0 aromatic heterocycles. The number of nitrogens with two attached hydrogens (primary N) is 1. The first-order valence-electron chi connectivity index (χ1n) is 7.40. The fourth-order valence-corrected chi connectivity index (χ4v) is 4.47. The predicted molar refractivity (Wildman–Crippen MR) is 68.2 cm³/mol. The summed E-state index contributed by atoms with van der Waals surface area (Å²) in [6, 6.07) is 0.486. The van der Waals surface area contributed by atoms with Crippen molar-refractivity contribution in [3.8, 4) is 0 Å². The van der Waals surface area contributed by atoms with E-state index in [0.29, 0.717) is 12.0 Å². The highest BCUT2D eigenvalue weighted by Crippen LogP contribution is 2.50. The summed E-state index contributed by atoms with van der Waals surface area (Å²) in [5.74, 6) is 9.42. The van der Waals surface area contributed by atoms with Gasteiger partial charge in [-0.05, 0) is 62.2 Å². The number of hydrazine groups is 1.